The largest absolute Gasteiger partial charge is 0.495 e. The van der Waals surface area contributed by atoms with Crippen LogP contribution in [0.2, 0.25) is 0 Å². The van der Waals surface area contributed by atoms with Crippen LogP contribution in [0.3, 0.4) is 0 Å². The van der Waals surface area contributed by atoms with Crippen molar-refractivity contribution in [1.82, 2.24) is 20.2 Å². The van der Waals surface area contributed by atoms with Gasteiger partial charge in [-0.15, -0.1) is 0 Å². The molecule has 2 N–H and O–H groups in total. The third-order valence-electron chi connectivity index (χ3n) is 6.49. The average Bonchev–Trinajstić information content (AvgIpc) is 2.90. The van der Waals surface area contributed by atoms with Crippen LogP contribution in [-0.2, 0) is 9.53 Å². The lowest BCUT2D eigenvalue weighted by molar-refractivity contribution is -0.119. The van der Waals surface area contributed by atoms with E-state index >= 15 is 0 Å². The highest BCUT2D eigenvalue weighted by Crippen LogP contribution is 2.31. The third kappa shape index (κ3) is 6.82. The second-order valence-corrected chi connectivity index (χ2v) is 9.14. The highest BCUT2D eigenvalue weighted by Gasteiger charge is 2.25. The summed E-state index contributed by atoms with van der Waals surface area (Å²) in [4.78, 5) is 33.5. The van der Waals surface area contributed by atoms with Gasteiger partial charge >= 0.3 is 0 Å². The summed E-state index contributed by atoms with van der Waals surface area (Å²) in [7, 11) is 1.39. The molecule has 200 valence electrons. The number of anilines is 2. The van der Waals surface area contributed by atoms with Crippen molar-refractivity contribution in [3.8, 4) is 11.6 Å². The summed E-state index contributed by atoms with van der Waals surface area (Å²) in [6, 6.07) is 2.59. The van der Waals surface area contributed by atoms with Crippen molar-refractivity contribution in [2.24, 2.45) is 5.92 Å². The Kier molecular flexibility index (Phi) is 8.70. The Hall–Kier alpha value is -3.54. The zero-order valence-electron chi connectivity index (χ0n) is 20.9. The summed E-state index contributed by atoms with van der Waals surface area (Å²) >= 11 is 0. The van der Waals surface area contributed by atoms with E-state index in [-0.39, 0.29) is 53.3 Å². The van der Waals surface area contributed by atoms with Gasteiger partial charge in [-0.05, 0) is 37.7 Å². The lowest BCUT2D eigenvalue weighted by Gasteiger charge is -2.28. The molecule has 2 aliphatic rings. The number of aromatic nitrogens is 2. The number of hydrogen-bond acceptors (Lipinski definition) is 8. The number of ether oxygens (including phenoxy) is 3. The molecule has 2 fully saturated rings. The molecule has 2 amide bonds. The summed E-state index contributed by atoms with van der Waals surface area (Å²) < 4.78 is 45.5. The maximum atomic E-state index is 14.9. The molecule has 1 saturated heterocycles. The Morgan fingerprint density at radius 2 is 1.86 bits per heavy atom. The van der Waals surface area contributed by atoms with Gasteiger partial charge in [0.25, 0.3) is 11.8 Å². The molecule has 0 spiro atoms. The fourth-order valence-electron chi connectivity index (χ4n) is 4.51. The van der Waals surface area contributed by atoms with Crippen molar-refractivity contribution in [3.05, 3.63) is 35.5 Å². The number of carbonyl (C=O) groups is 2. The minimum atomic E-state index is -0.742. The number of morpholine rings is 1. The van der Waals surface area contributed by atoms with Crippen LogP contribution in [0.1, 0.15) is 43.0 Å². The molecule has 37 heavy (non-hydrogen) atoms. The van der Waals surface area contributed by atoms with Gasteiger partial charge in [-0.1, -0.05) is 0 Å². The molecule has 2 heterocycles. The van der Waals surface area contributed by atoms with Crippen molar-refractivity contribution in [3.63, 3.8) is 0 Å². The summed E-state index contributed by atoms with van der Waals surface area (Å²) in [5.41, 5.74) is 0.0500. The first kappa shape index (κ1) is 26.5. The number of nitrogens with one attached hydrogen (secondary N) is 2. The standard InChI is InChI=1S/C25H31F2N5O5/c1-15(33)29-17-5-3-16(4-6-17)14-37-23-20(27)13-28-25(31-23)30-21-12-19(26)18(11-22(21)35-2)24(34)32-7-9-36-10-8-32/h11-13,16-17H,3-10,14H2,1-2H3,(H,29,33)(H,28,30,31). The maximum absolute atomic E-state index is 14.9. The molecule has 12 heteroatoms. The van der Waals surface area contributed by atoms with Crippen LogP contribution in [0.5, 0.6) is 11.6 Å². The second-order valence-electron chi connectivity index (χ2n) is 9.14. The molecular formula is C25H31F2N5O5. The van der Waals surface area contributed by atoms with E-state index in [9.17, 15) is 18.4 Å². The summed E-state index contributed by atoms with van der Waals surface area (Å²) in [6.45, 7) is 3.33. The van der Waals surface area contributed by atoms with Gasteiger partial charge in [0.15, 0.2) is 0 Å². The second kappa shape index (κ2) is 12.1. The Morgan fingerprint density at radius 1 is 1.14 bits per heavy atom. The molecule has 0 unspecified atom stereocenters. The molecule has 1 aromatic heterocycles. The van der Waals surface area contributed by atoms with Crippen LogP contribution in [0, 0.1) is 17.6 Å². The molecule has 2 aromatic rings. The average molecular weight is 520 g/mol. The molecule has 0 bridgehead atoms. The van der Waals surface area contributed by atoms with Crippen molar-refractivity contribution in [2.75, 3.05) is 45.3 Å². The first-order valence-corrected chi connectivity index (χ1v) is 12.3. The fraction of sp³-hybridized carbons (Fsp3) is 0.520. The number of hydrogen-bond donors (Lipinski definition) is 2. The Morgan fingerprint density at radius 3 is 2.54 bits per heavy atom. The lowest BCUT2D eigenvalue weighted by Crippen LogP contribution is -2.41. The predicted molar refractivity (Wildman–Crippen MR) is 130 cm³/mol. The number of amides is 2. The van der Waals surface area contributed by atoms with Crippen molar-refractivity contribution in [2.45, 2.75) is 38.6 Å². The van der Waals surface area contributed by atoms with Crippen molar-refractivity contribution in [1.29, 1.82) is 0 Å². The first-order chi connectivity index (χ1) is 17.8. The number of methoxy groups -OCH3 is 1. The van der Waals surface area contributed by atoms with Crippen LogP contribution < -0.4 is 20.1 Å². The van der Waals surface area contributed by atoms with Gasteiger partial charge in [0.05, 0.1) is 44.4 Å². The maximum Gasteiger partial charge on any atom is 0.257 e. The molecule has 0 radical (unpaired) electrons. The Balaban J connectivity index is 1.41. The SMILES string of the molecule is COc1cc(C(=O)N2CCOCC2)c(F)cc1Nc1ncc(F)c(OCC2CCC(NC(C)=O)CC2)n1. The number of halogens is 2. The van der Waals surface area contributed by atoms with Gasteiger partial charge in [0.1, 0.15) is 11.6 Å². The normalized spacial score (nSPS) is 19.7. The highest BCUT2D eigenvalue weighted by molar-refractivity contribution is 5.96. The zero-order valence-corrected chi connectivity index (χ0v) is 20.9. The number of nitrogens with zero attached hydrogens (tertiary/aromatic N) is 3. The van der Waals surface area contributed by atoms with E-state index in [2.05, 4.69) is 20.6 Å². The van der Waals surface area contributed by atoms with Crippen molar-refractivity contribution >= 4 is 23.5 Å². The predicted octanol–water partition coefficient (Wildman–Crippen LogP) is 3.05. The smallest absolute Gasteiger partial charge is 0.257 e. The molecule has 4 rings (SSSR count). The fourth-order valence-corrected chi connectivity index (χ4v) is 4.51. The van der Waals surface area contributed by atoms with Crippen LogP contribution >= 0.6 is 0 Å². The first-order valence-electron chi connectivity index (χ1n) is 12.3. The van der Waals surface area contributed by atoms with E-state index in [1.807, 2.05) is 0 Å². The van der Waals surface area contributed by atoms with Crippen LogP contribution in [0.4, 0.5) is 20.4 Å². The monoisotopic (exact) mass is 519 g/mol. The van der Waals surface area contributed by atoms with Crippen molar-refractivity contribution < 1.29 is 32.6 Å². The molecule has 0 atom stereocenters. The molecule has 1 aliphatic carbocycles. The number of benzene rings is 1. The van der Waals surface area contributed by atoms with Crippen LogP contribution in [0.25, 0.3) is 0 Å². The van der Waals surface area contributed by atoms with Gasteiger partial charge < -0.3 is 29.7 Å². The Bertz CT molecular complexity index is 1120. The number of carbonyl (C=O) groups excluding carboxylic acids is 2. The van der Waals surface area contributed by atoms with Crippen LogP contribution in [0.15, 0.2) is 18.3 Å². The van der Waals surface area contributed by atoms with E-state index in [0.717, 1.165) is 37.9 Å². The molecule has 1 aliphatic heterocycles. The zero-order chi connectivity index (χ0) is 26.4. The molecular weight excluding hydrogens is 488 g/mol. The van der Waals surface area contributed by atoms with Gasteiger partial charge in [-0.2, -0.15) is 9.37 Å². The molecule has 1 aromatic carbocycles. The summed E-state index contributed by atoms with van der Waals surface area (Å²) in [6.07, 6.45) is 4.32. The topological polar surface area (TPSA) is 115 Å². The molecule has 10 nitrogen and oxygen atoms in total. The summed E-state index contributed by atoms with van der Waals surface area (Å²) in [5, 5.41) is 5.74. The minimum Gasteiger partial charge on any atom is -0.495 e. The highest BCUT2D eigenvalue weighted by atomic mass is 19.1. The van der Waals surface area contributed by atoms with E-state index < -0.39 is 17.5 Å². The van der Waals surface area contributed by atoms with E-state index in [1.165, 1.54) is 25.0 Å². The lowest BCUT2D eigenvalue weighted by atomic mass is 9.86. The number of rotatable bonds is 8. The van der Waals surface area contributed by atoms with E-state index in [1.54, 1.807) is 0 Å². The van der Waals surface area contributed by atoms with E-state index in [0.29, 0.717) is 26.3 Å². The third-order valence-corrected chi connectivity index (χ3v) is 6.49. The van der Waals surface area contributed by atoms with Gasteiger partial charge in [0, 0.05) is 32.1 Å². The van der Waals surface area contributed by atoms with Gasteiger partial charge in [-0.25, -0.2) is 9.37 Å². The molecule has 1 saturated carbocycles. The van der Waals surface area contributed by atoms with E-state index in [4.69, 9.17) is 14.2 Å². The van der Waals surface area contributed by atoms with Gasteiger partial charge in [0.2, 0.25) is 17.7 Å². The van der Waals surface area contributed by atoms with Crippen LogP contribution in [-0.4, -0.2) is 72.7 Å². The Labute approximate surface area is 213 Å². The van der Waals surface area contributed by atoms with Gasteiger partial charge in [-0.3, -0.25) is 9.59 Å². The summed E-state index contributed by atoms with van der Waals surface area (Å²) in [5.74, 6) is -1.79. The quantitative estimate of drug-likeness (QED) is 0.547. The minimum absolute atomic E-state index is 0.0178.